The molecule has 2 unspecified atom stereocenters. The Hall–Kier alpha value is -0.360. The van der Waals surface area contributed by atoms with Gasteiger partial charge in [-0.25, -0.2) is 0 Å². The molecule has 4 nitrogen and oxygen atoms in total. The minimum absolute atomic E-state index is 0.224. The van der Waals surface area contributed by atoms with E-state index in [4.69, 9.17) is 9.47 Å². The molecule has 1 fully saturated rings. The van der Waals surface area contributed by atoms with E-state index in [2.05, 4.69) is 0 Å². The van der Waals surface area contributed by atoms with Crippen LogP contribution in [-0.4, -0.2) is 47.2 Å². The highest BCUT2D eigenvalue weighted by Gasteiger charge is 2.28. The highest BCUT2D eigenvalue weighted by Crippen LogP contribution is 2.31. The normalized spacial score (nSPS) is 24.9. The Kier molecular flexibility index (Phi) is 6.05. The van der Waals surface area contributed by atoms with Gasteiger partial charge in [0.15, 0.2) is 0 Å². The summed E-state index contributed by atoms with van der Waals surface area (Å²) in [6.07, 6.45) is 0. The van der Waals surface area contributed by atoms with Crippen LogP contribution in [0, 0.1) is 0 Å². The van der Waals surface area contributed by atoms with Gasteiger partial charge in [0, 0.05) is 25.4 Å². The number of rotatable bonds is 4. The van der Waals surface area contributed by atoms with Gasteiger partial charge in [-0.2, -0.15) is 23.5 Å². The van der Waals surface area contributed by atoms with Gasteiger partial charge >= 0.3 is 11.9 Å². The van der Waals surface area contributed by atoms with Crippen LogP contribution in [0.4, 0.5) is 0 Å². The van der Waals surface area contributed by atoms with Gasteiger partial charge in [0.05, 0.1) is 10.5 Å². The molecule has 2 atom stereocenters. The van der Waals surface area contributed by atoms with Crippen LogP contribution in [0.15, 0.2) is 0 Å². The van der Waals surface area contributed by atoms with E-state index in [-0.39, 0.29) is 22.4 Å². The van der Waals surface area contributed by atoms with Gasteiger partial charge in [-0.3, -0.25) is 9.59 Å². The molecule has 6 heteroatoms. The lowest BCUT2D eigenvalue weighted by Crippen LogP contribution is -2.34. The molecule has 0 saturated carbocycles. The van der Waals surface area contributed by atoms with Crippen LogP contribution in [0.25, 0.3) is 0 Å². The van der Waals surface area contributed by atoms with Crippen LogP contribution >= 0.6 is 23.5 Å². The Labute approximate surface area is 104 Å². The van der Waals surface area contributed by atoms with E-state index in [9.17, 15) is 9.59 Å². The van der Waals surface area contributed by atoms with E-state index in [0.717, 1.165) is 11.5 Å². The van der Waals surface area contributed by atoms with Crippen molar-refractivity contribution in [1.82, 2.24) is 0 Å². The highest BCUT2D eigenvalue weighted by atomic mass is 32.2. The van der Waals surface area contributed by atoms with Crippen molar-refractivity contribution in [3.05, 3.63) is 0 Å². The molecule has 16 heavy (non-hydrogen) atoms. The Morgan fingerprint density at radius 1 is 1.00 bits per heavy atom. The minimum Gasteiger partial charge on any atom is -0.465 e. The van der Waals surface area contributed by atoms with Crippen molar-refractivity contribution >= 4 is 35.5 Å². The Balaban J connectivity index is 2.37. The van der Waals surface area contributed by atoms with Gasteiger partial charge < -0.3 is 9.47 Å². The van der Waals surface area contributed by atoms with E-state index < -0.39 is 0 Å². The maximum atomic E-state index is 10.7. The molecule has 1 aliphatic rings. The zero-order valence-corrected chi connectivity index (χ0v) is 11.1. The standard InChI is InChI=1S/C10H16O4S2/c1-7(11)13-5-9-10(6-14-8(2)12)16-4-3-15-9/h9-10H,3-6H2,1-2H3. The van der Waals surface area contributed by atoms with Gasteiger partial charge in [0.25, 0.3) is 0 Å². The maximum absolute atomic E-state index is 10.7. The van der Waals surface area contributed by atoms with Crippen LogP contribution in [0.3, 0.4) is 0 Å². The Bertz CT molecular complexity index is 231. The van der Waals surface area contributed by atoms with Crippen molar-refractivity contribution in [1.29, 1.82) is 0 Å². The monoisotopic (exact) mass is 264 g/mol. The Morgan fingerprint density at radius 3 is 1.69 bits per heavy atom. The molecule has 0 aromatic heterocycles. The molecular formula is C10H16O4S2. The van der Waals surface area contributed by atoms with Crippen LogP contribution in [-0.2, 0) is 19.1 Å². The van der Waals surface area contributed by atoms with Crippen LogP contribution in [0.1, 0.15) is 13.8 Å². The molecule has 92 valence electrons. The van der Waals surface area contributed by atoms with Crippen LogP contribution in [0.2, 0.25) is 0 Å². The molecule has 1 rings (SSSR count). The second-order valence-electron chi connectivity index (χ2n) is 3.42. The molecule has 0 aliphatic carbocycles. The summed E-state index contributed by atoms with van der Waals surface area (Å²) in [4.78, 5) is 21.5. The molecule has 0 amide bonds. The molecule has 0 radical (unpaired) electrons. The average molecular weight is 264 g/mol. The van der Waals surface area contributed by atoms with Gasteiger partial charge in [0.2, 0.25) is 0 Å². The summed E-state index contributed by atoms with van der Waals surface area (Å²) in [5, 5.41) is 0.448. The largest absolute Gasteiger partial charge is 0.465 e. The number of hydrogen-bond acceptors (Lipinski definition) is 6. The van der Waals surface area contributed by atoms with Crippen molar-refractivity contribution in [3.8, 4) is 0 Å². The molecule has 1 aliphatic heterocycles. The highest BCUT2D eigenvalue weighted by molar-refractivity contribution is 8.07. The minimum atomic E-state index is -0.262. The first-order chi connectivity index (χ1) is 7.59. The van der Waals surface area contributed by atoms with Crippen molar-refractivity contribution in [2.45, 2.75) is 24.3 Å². The lowest BCUT2D eigenvalue weighted by molar-refractivity contribution is -0.143. The Morgan fingerprint density at radius 2 is 1.38 bits per heavy atom. The quantitative estimate of drug-likeness (QED) is 0.714. The van der Waals surface area contributed by atoms with E-state index in [1.807, 2.05) is 0 Å². The predicted molar refractivity (Wildman–Crippen MR) is 65.8 cm³/mol. The van der Waals surface area contributed by atoms with Gasteiger partial charge in [-0.05, 0) is 0 Å². The SMILES string of the molecule is CC(=O)OCC1SCCSC1COC(C)=O. The van der Waals surface area contributed by atoms with E-state index in [1.54, 1.807) is 23.5 Å². The first kappa shape index (κ1) is 13.7. The number of carbonyl (C=O) groups is 2. The fraction of sp³-hybridized carbons (Fsp3) is 0.800. The number of thioether (sulfide) groups is 2. The van der Waals surface area contributed by atoms with Gasteiger partial charge in [-0.15, -0.1) is 0 Å². The average Bonchev–Trinajstić information content (AvgIpc) is 2.24. The summed E-state index contributed by atoms with van der Waals surface area (Å²) < 4.78 is 10.0. The third kappa shape index (κ3) is 5.12. The van der Waals surface area contributed by atoms with Crippen molar-refractivity contribution < 1.29 is 19.1 Å². The third-order valence-electron chi connectivity index (χ3n) is 2.06. The summed E-state index contributed by atoms with van der Waals surface area (Å²) in [6, 6.07) is 0. The van der Waals surface area contributed by atoms with E-state index in [0.29, 0.717) is 13.2 Å². The molecule has 1 saturated heterocycles. The molecule has 0 N–H and O–H groups in total. The lowest BCUT2D eigenvalue weighted by atomic mass is 10.3. The number of carbonyl (C=O) groups excluding carboxylic acids is 2. The van der Waals surface area contributed by atoms with Gasteiger partial charge in [-0.1, -0.05) is 0 Å². The third-order valence-corrected chi connectivity index (χ3v) is 5.16. The van der Waals surface area contributed by atoms with Crippen molar-refractivity contribution in [3.63, 3.8) is 0 Å². The molecule has 1 heterocycles. The smallest absolute Gasteiger partial charge is 0.302 e. The summed E-state index contributed by atoms with van der Waals surface area (Å²) in [5.41, 5.74) is 0. The van der Waals surface area contributed by atoms with Crippen LogP contribution < -0.4 is 0 Å². The summed E-state index contributed by atoms with van der Waals surface area (Å²) in [6.45, 7) is 3.61. The maximum Gasteiger partial charge on any atom is 0.302 e. The summed E-state index contributed by atoms with van der Waals surface area (Å²) in [7, 11) is 0. The first-order valence-electron chi connectivity index (χ1n) is 5.09. The van der Waals surface area contributed by atoms with Crippen molar-refractivity contribution in [2.24, 2.45) is 0 Å². The summed E-state index contributed by atoms with van der Waals surface area (Å²) in [5.74, 6) is 1.57. The van der Waals surface area contributed by atoms with E-state index in [1.165, 1.54) is 13.8 Å². The molecule has 0 spiro atoms. The first-order valence-corrected chi connectivity index (χ1v) is 7.19. The molecular weight excluding hydrogens is 248 g/mol. The van der Waals surface area contributed by atoms with Gasteiger partial charge in [0.1, 0.15) is 13.2 Å². The molecule has 0 bridgehead atoms. The topological polar surface area (TPSA) is 52.6 Å². The number of ether oxygens (including phenoxy) is 2. The second-order valence-corrected chi connectivity index (χ2v) is 6.12. The van der Waals surface area contributed by atoms with Crippen molar-refractivity contribution in [2.75, 3.05) is 24.7 Å². The predicted octanol–water partition coefficient (Wildman–Crippen LogP) is 1.33. The second kappa shape index (κ2) is 7.06. The molecule has 0 aromatic carbocycles. The lowest BCUT2D eigenvalue weighted by Gasteiger charge is -2.29. The zero-order chi connectivity index (χ0) is 12.0. The fourth-order valence-electron chi connectivity index (χ4n) is 1.32. The number of esters is 2. The number of hydrogen-bond donors (Lipinski definition) is 0. The van der Waals surface area contributed by atoms with Crippen LogP contribution in [0.5, 0.6) is 0 Å². The zero-order valence-electron chi connectivity index (χ0n) is 9.43. The summed E-state index contributed by atoms with van der Waals surface area (Å²) >= 11 is 3.55. The fourth-order valence-corrected chi connectivity index (χ4v) is 4.09. The molecule has 0 aromatic rings. The van der Waals surface area contributed by atoms with E-state index >= 15 is 0 Å².